The Morgan fingerprint density at radius 2 is 1.79 bits per heavy atom. The van der Waals surface area contributed by atoms with Crippen molar-refractivity contribution < 1.29 is 22.8 Å². The first-order valence-electron chi connectivity index (χ1n) is 10.8. The molecule has 10 heteroatoms. The number of rotatable bonds is 7. The average Bonchev–Trinajstić information content (AvgIpc) is 3.07. The molecule has 180 valence electrons. The van der Waals surface area contributed by atoms with E-state index in [1.807, 2.05) is 13.8 Å². The van der Waals surface area contributed by atoms with Gasteiger partial charge < -0.3 is 10.2 Å². The van der Waals surface area contributed by atoms with E-state index in [0.717, 1.165) is 12.3 Å². The molecular weight excluding hydrogens is 447 g/mol. The maximum atomic E-state index is 12.8. The van der Waals surface area contributed by atoms with Crippen LogP contribution in [0, 0.1) is 13.8 Å². The molecule has 2 heterocycles. The van der Waals surface area contributed by atoms with Crippen molar-refractivity contribution in [2.75, 3.05) is 18.4 Å². The van der Waals surface area contributed by atoms with Crippen molar-refractivity contribution in [3.8, 4) is 5.82 Å². The van der Waals surface area contributed by atoms with Crippen LogP contribution < -0.4 is 5.32 Å². The van der Waals surface area contributed by atoms with Crippen LogP contribution in [0.25, 0.3) is 5.82 Å². The van der Waals surface area contributed by atoms with Crippen LogP contribution >= 0.6 is 0 Å². The van der Waals surface area contributed by atoms with E-state index in [1.54, 1.807) is 43.0 Å². The zero-order chi connectivity index (χ0) is 25.0. The summed E-state index contributed by atoms with van der Waals surface area (Å²) >= 11 is 0. The Kier molecular flexibility index (Phi) is 7.38. The molecule has 7 nitrogen and oxygen atoms in total. The number of aromatic nitrogens is 3. The van der Waals surface area contributed by atoms with Crippen LogP contribution in [0.4, 0.5) is 18.9 Å². The second-order valence-corrected chi connectivity index (χ2v) is 7.75. The summed E-state index contributed by atoms with van der Waals surface area (Å²) in [6, 6.07) is 8.92. The van der Waals surface area contributed by atoms with E-state index in [0.29, 0.717) is 41.3 Å². The van der Waals surface area contributed by atoms with Crippen LogP contribution in [0.15, 0.2) is 42.6 Å². The molecule has 0 atom stereocenters. The van der Waals surface area contributed by atoms with Crippen molar-refractivity contribution in [3.05, 3.63) is 70.7 Å². The molecule has 3 aromatic rings. The Morgan fingerprint density at radius 3 is 2.38 bits per heavy atom. The van der Waals surface area contributed by atoms with Crippen LogP contribution in [-0.2, 0) is 17.4 Å². The third-order valence-corrected chi connectivity index (χ3v) is 5.51. The highest BCUT2D eigenvalue weighted by Crippen LogP contribution is 2.29. The lowest BCUT2D eigenvalue weighted by molar-refractivity contribution is -0.137. The van der Waals surface area contributed by atoms with Gasteiger partial charge in [-0.3, -0.25) is 9.59 Å². The molecule has 0 spiro atoms. The Bertz CT molecular complexity index is 1180. The van der Waals surface area contributed by atoms with E-state index in [2.05, 4.69) is 15.4 Å². The van der Waals surface area contributed by atoms with Crippen molar-refractivity contribution in [2.24, 2.45) is 0 Å². The molecule has 2 aromatic heterocycles. The molecule has 0 aliphatic carbocycles. The highest BCUT2D eigenvalue weighted by molar-refractivity contribution is 5.97. The van der Waals surface area contributed by atoms with Gasteiger partial charge >= 0.3 is 6.18 Å². The molecule has 0 aliphatic rings. The first-order chi connectivity index (χ1) is 16.0. The van der Waals surface area contributed by atoms with Crippen LogP contribution in [0.1, 0.15) is 46.7 Å². The van der Waals surface area contributed by atoms with Gasteiger partial charge in [0.05, 0.1) is 17.7 Å². The first kappa shape index (κ1) is 24.9. The lowest BCUT2D eigenvalue weighted by Crippen LogP contribution is -2.30. The molecule has 1 N–H and O–H groups in total. The van der Waals surface area contributed by atoms with Crippen LogP contribution in [0.3, 0.4) is 0 Å². The molecule has 1 aromatic carbocycles. The highest BCUT2D eigenvalue weighted by Gasteiger charge is 2.31. The third kappa shape index (κ3) is 5.44. The van der Waals surface area contributed by atoms with E-state index < -0.39 is 11.7 Å². The number of carbonyl (C=O) groups excluding carboxylic acids is 2. The van der Waals surface area contributed by atoms with Gasteiger partial charge in [0, 0.05) is 41.8 Å². The van der Waals surface area contributed by atoms with Crippen molar-refractivity contribution >= 4 is 17.5 Å². The van der Waals surface area contributed by atoms with Crippen molar-refractivity contribution in [1.29, 1.82) is 0 Å². The fourth-order valence-corrected chi connectivity index (χ4v) is 3.62. The second-order valence-electron chi connectivity index (χ2n) is 7.75. The van der Waals surface area contributed by atoms with Gasteiger partial charge in [0.15, 0.2) is 5.82 Å². The minimum absolute atomic E-state index is 0.00647. The molecule has 3 rings (SSSR count). The fraction of sp³-hybridized carbons (Fsp3) is 0.333. The van der Waals surface area contributed by atoms with E-state index >= 15 is 0 Å². The van der Waals surface area contributed by atoms with Gasteiger partial charge in [-0.15, -0.1) is 0 Å². The predicted octanol–water partition coefficient (Wildman–Crippen LogP) is 4.57. The summed E-state index contributed by atoms with van der Waals surface area (Å²) < 4.78 is 39.8. The molecule has 0 unspecified atom stereocenters. The van der Waals surface area contributed by atoms with Gasteiger partial charge in [-0.1, -0.05) is 6.07 Å². The summed E-state index contributed by atoms with van der Waals surface area (Å²) in [5.74, 6) is -0.195. The zero-order valence-electron chi connectivity index (χ0n) is 19.4. The molecule has 2 amide bonds. The van der Waals surface area contributed by atoms with Crippen LogP contribution in [0.2, 0.25) is 0 Å². The standard InChI is InChI=1S/C24H26F3N5O2/c1-5-31(6-2)23(34)17-8-7-9-19(12-17)29-22(33)13-20-15(3)30-32(16(20)4)21-11-10-18(14-28-21)24(25,26)27/h7-12,14H,5-6,13H2,1-4H3,(H,29,33). The number of nitrogens with one attached hydrogen (secondary N) is 1. The number of amides is 2. The smallest absolute Gasteiger partial charge is 0.339 e. The molecular formula is C24H26F3N5O2. The summed E-state index contributed by atoms with van der Waals surface area (Å²) in [4.78, 5) is 30.9. The van der Waals surface area contributed by atoms with Gasteiger partial charge in [0.25, 0.3) is 5.91 Å². The summed E-state index contributed by atoms with van der Waals surface area (Å²) in [6.07, 6.45) is -3.71. The number of anilines is 1. The van der Waals surface area contributed by atoms with Crippen LogP contribution in [-0.4, -0.2) is 44.6 Å². The number of carbonyl (C=O) groups is 2. The molecule has 0 saturated carbocycles. The Balaban J connectivity index is 1.76. The number of aryl methyl sites for hydroxylation is 1. The molecule has 0 aliphatic heterocycles. The minimum Gasteiger partial charge on any atom is -0.339 e. The predicted molar refractivity (Wildman–Crippen MR) is 122 cm³/mol. The summed E-state index contributed by atoms with van der Waals surface area (Å²) in [6.45, 7) is 8.42. The first-order valence-corrected chi connectivity index (χ1v) is 10.8. The normalized spacial score (nSPS) is 11.4. The largest absolute Gasteiger partial charge is 0.417 e. The Labute approximate surface area is 195 Å². The third-order valence-electron chi connectivity index (χ3n) is 5.51. The number of hydrogen-bond donors (Lipinski definition) is 1. The molecule has 0 bridgehead atoms. The molecule has 0 saturated heterocycles. The van der Waals surface area contributed by atoms with E-state index in [1.165, 1.54) is 10.7 Å². The quantitative estimate of drug-likeness (QED) is 0.545. The SMILES string of the molecule is CCN(CC)C(=O)c1cccc(NC(=O)Cc2c(C)nn(-c3ccc(C(F)(F)F)cn3)c2C)c1. The number of pyridine rings is 1. The molecule has 34 heavy (non-hydrogen) atoms. The van der Waals surface area contributed by atoms with E-state index in [9.17, 15) is 22.8 Å². The Hall–Kier alpha value is -3.69. The van der Waals surface area contributed by atoms with Crippen LogP contribution in [0.5, 0.6) is 0 Å². The second kappa shape index (κ2) is 10.1. The number of alkyl halides is 3. The number of benzene rings is 1. The van der Waals surface area contributed by atoms with Gasteiger partial charge in [0.1, 0.15) is 0 Å². The fourth-order valence-electron chi connectivity index (χ4n) is 3.62. The molecule has 0 fully saturated rings. The lowest BCUT2D eigenvalue weighted by Gasteiger charge is -2.19. The van der Waals surface area contributed by atoms with Gasteiger partial charge in [0.2, 0.25) is 5.91 Å². The van der Waals surface area contributed by atoms with Crippen molar-refractivity contribution in [1.82, 2.24) is 19.7 Å². The van der Waals surface area contributed by atoms with Gasteiger partial charge in [-0.25, -0.2) is 9.67 Å². The number of nitrogens with zero attached hydrogens (tertiary/aromatic N) is 4. The monoisotopic (exact) mass is 473 g/mol. The van der Waals surface area contributed by atoms with Gasteiger partial charge in [-0.05, 0) is 58.0 Å². The summed E-state index contributed by atoms with van der Waals surface area (Å²) in [7, 11) is 0. The highest BCUT2D eigenvalue weighted by atomic mass is 19.4. The number of hydrogen-bond acceptors (Lipinski definition) is 4. The zero-order valence-corrected chi connectivity index (χ0v) is 19.4. The number of halogens is 3. The Morgan fingerprint density at radius 1 is 1.09 bits per heavy atom. The van der Waals surface area contributed by atoms with Crippen molar-refractivity contribution in [3.63, 3.8) is 0 Å². The van der Waals surface area contributed by atoms with Gasteiger partial charge in [-0.2, -0.15) is 18.3 Å². The average molecular weight is 473 g/mol. The topological polar surface area (TPSA) is 80.1 Å². The minimum atomic E-state index is -4.48. The lowest BCUT2D eigenvalue weighted by atomic mass is 10.1. The van der Waals surface area contributed by atoms with E-state index in [-0.39, 0.29) is 24.1 Å². The summed E-state index contributed by atoms with van der Waals surface area (Å²) in [5, 5.41) is 7.15. The molecule has 0 radical (unpaired) electrons. The maximum absolute atomic E-state index is 12.8. The summed E-state index contributed by atoms with van der Waals surface area (Å²) in [5.41, 5.74) is 1.95. The van der Waals surface area contributed by atoms with E-state index in [4.69, 9.17) is 0 Å². The maximum Gasteiger partial charge on any atom is 0.417 e. The van der Waals surface area contributed by atoms with Crippen molar-refractivity contribution in [2.45, 2.75) is 40.3 Å².